The minimum Gasteiger partial charge on any atom is -0.396 e. The number of hydrogen-bond donors (Lipinski definition) is 1. The van der Waals surface area contributed by atoms with Crippen LogP contribution in [0.1, 0.15) is 71.6 Å². The Kier molecular flexibility index (Phi) is 5.11. The molecule has 4 rings (SSSR count). The molecule has 4 aliphatic carbocycles. The summed E-state index contributed by atoms with van der Waals surface area (Å²) in [7, 11) is 0. The van der Waals surface area contributed by atoms with E-state index in [1.165, 1.54) is 6.42 Å². The standard InChI is InChI=1S/C22H35FN2O2/c1-21-9-8-17-15(16(21)6-7-20(21)26)5-4-14-12-19(25-27-11-3-10-24)18(23)13-22(14,17)2/h14-18H,3-13,24H2,1-2H3/b25-19+/t14?,15-,16-,17-,18+,21-,22-/m0/s1. The number of halogens is 1. The summed E-state index contributed by atoms with van der Waals surface area (Å²) < 4.78 is 15.0. The molecule has 7 atom stereocenters. The molecule has 5 heteroatoms. The minimum atomic E-state index is -0.999. The third-order valence-corrected chi connectivity index (χ3v) is 8.83. The van der Waals surface area contributed by atoms with Gasteiger partial charge < -0.3 is 10.6 Å². The lowest BCUT2D eigenvalue weighted by atomic mass is 9.45. The van der Waals surface area contributed by atoms with Gasteiger partial charge >= 0.3 is 0 Å². The Hall–Kier alpha value is -0.970. The monoisotopic (exact) mass is 378 g/mol. The molecule has 0 bridgehead atoms. The first-order valence-corrected chi connectivity index (χ1v) is 11.0. The quantitative estimate of drug-likeness (QED) is 0.587. The maximum Gasteiger partial charge on any atom is 0.142 e. The first-order chi connectivity index (χ1) is 12.9. The number of rotatable bonds is 4. The molecule has 0 aromatic carbocycles. The molecule has 0 aromatic heterocycles. The van der Waals surface area contributed by atoms with Crippen LogP contribution in [-0.4, -0.2) is 30.8 Å². The molecule has 0 aromatic rings. The average molecular weight is 379 g/mol. The van der Waals surface area contributed by atoms with Gasteiger partial charge in [-0.1, -0.05) is 19.0 Å². The van der Waals surface area contributed by atoms with Gasteiger partial charge in [-0.3, -0.25) is 4.79 Å². The number of alkyl halides is 1. The van der Waals surface area contributed by atoms with Crippen LogP contribution in [0.5, 0.6) is 0 Å². The molecule has 0 amide bonds. The molecule has 0 aliphatic heterocycles. The highest BCUT2D eigenvalue weighted by Crippen LogP contribution is 2.65. The van der Waals surface area contributed by atoms with Gasteiger partial charge in [0, 0.05) is 11.8 Å². The lowest BCUT2D eigenvalue weighted by molar-refractivity contribution is -0.138. The third-order valence-electron chi connectivity index (χ3n) is 8.83. The van der Waals surface area contributed by atoms with Crippen molar-refractivity contribution >= 4 is 11.5 Å². The Bertz CT molecular complexity index is 623. The lowest BCUT2D eigenvalue weighted by Crippen LogP contribution is -2.55. The molecule has 0 heterocycles. The highest BCUT2D eigenvalue weighted by molar-refractivity contribution is 5.89. The van der Waals surface area contributed by atoms with Crippen molar-refractivity contribution in [3.8, 4) is 0 Å². The molecule has 0 spiro atoms. The van der Waals surface area contributed by atoms with Crippen LogP contribution in [-0.2, 0) is 9.63 Å². The summed E-state index contributed by atoms with van der Waals surface area (Å²) in [6, 6.07) is 0. The molecule has 0 saturated heterocycles. The third kappa shape index (κ3) is 3.04. The molecule has 27 heavy (non-hydrogen) atoms. The Labute approximate surface area is 162 Å². The first-order valence-electron chi connectivity index (χ1n) is 11.0. The van der Waals surface area contributed by atoms with Crippen LogP contribution in [0.4, 0.5) is 4.39 Å². The largest absolute Gasteiger partial charge is 0.396 e. The van der Waals surface area contributed by atoms with E-state index in [9.17, 15) is 4.79 Å². The van der Waals surface area contributed by atoms with Crippen LogP contribution in [0.25, 0.3) is 0 Å². The van der Waals surface area contributed by atoms with E-state index in [0.717, 1.165) is 44.9 Å². The molecule has 0 radical (unpaired) electrons. The van der Waals surface area contributed by atoms with Crippen LogP contribution in [0, 0.1) is 34.5 Å². The number of fused-ring (bicyclic) bond motifs is 5. The van der Waals surface area contributed by atoms with Gasteiger partial charge in [0.1, 0.15) is 18.6 Å². The van der Waals surface area contributed by atoms with Gasteiger partial charge in [0.15, 0.2) is 0 Å². The summed E-state index contributed by atoms with van der Waals surface area (Å²) in [5.41, 5.74) is 6.01. The fourth-order valence-electron chi connectivity index (χ4n) is 7.21. The maximum atomic E-state index is 15.0. The highest BCUT2D eigenvalue weighted by Gasteiger charge is 2.61. The smallest absolute Gasteiger partial charge is 0.142 e. The van der Waals surface area contributed by atoms with E-state index >= 15 is 4.39 Å². The summed E-state index contributed by atoms with van der Waals surface area (Å²) in [5.74, 6) is 2.65. The predicted molar refractivity (Wildman–Crippen MR) is 104 cm³/mol. The number of carbonyl (C=O) groups excluding carboxylic acids is 1. The van der Waals surface area contributed by atoms with Crippen LogP contribution in [0.2, 0.25) is 0 Å². The molecular weight excluding hydrogens is 343 g/mol. The van der Waals surface area contributed by atoms with Gasteiger partial charge in [0.25, 0.3) is 0 Å². The van der Waals surface area contributed by atoms with Crippen LogP contribution in [0.3, 0.4) is 0 Å². The van der Waals surface area contributed by atoms with E-state index in [2.05, 4.69) is 19.0 Å². The number of oxime groups is 1. The van der Waals surface area contributed by atoms with Crippen molar-refractivity contribution in [1.82, 2.24) is 0 Å². The second kappa shape index (κ2) is 7.13. The highest BCUT2D eigenvalue weighted by atomic mass is 19.1. The number of Topliss-reactive ketones (excluding diaryl/α,β-unsaturated/α-hetero) is 1. The molecule has 152 valence electrons. The van der Waals surface area contributed by atoms with Gasteiger partial charge in [-0.05, 0) is 87.0 Å². The van der Waals surface area contributed by atoms with Crippen molar-refractivity contribution in [3.63, 3.8) is 0 Å². The second-order valence-corrected chi connectivity index (χ2v) is 10.0. The zero-order valence-corrected chi connectivity index (χ0v) is 16.9. The molecular formula is C22H35FN2O2. The SMILES string of the molecule is C[C@]12C[C@@H](F)/C(=N/OCCCN)CC1CC[C@@H]1[C@@H]2CC[C@]2(C)C(=O)CC[C@@H]12. The normalized spacial score (nSPS) is 48.1. The van der Waals surface area contributed by atoms with E-state index < -0.39 is 6.17 Å². The van der Waals surface area contributed by atoms with E-state index in [0.29, 0.717) is 54.7 Å². The molecule has 2 N–H and O–H groups in total. The Morgan fingerprint density at radius 2 is 2.04 bits per heavy atom. The lowest BCUT2D eigenvalue weighted by Gasteiger charge is -2.59. The molecule has 4 saturated carbocycles. The van der Waals surface area contributed by atoms with Crippen molar-refractivity contribution < 1.29 is 14.0 Å². The zero-order chi connectivity index (χ0) is 19.2. The topological polar surface area (TPSA) is 64.7 Å². The second-order valence-electron chi connectivity index (χ2n) is 10.0. The zero-order valence-electron chi connectivity index (χ0n) is 16.9. The number of nitrogens with two attached hydrogens (primary N) is 1. The van der Waals surface area contributed by atoms with E-state index in [-0.39, 0.29) is 10.8 Å². The maximum absolute atomic E-state index is 15.0. The summed E-state index contributed by atoms with van der Waals surface area (Å²) >= 11 is 0. The summed E-state index contributed by atoms with van der Waals surface area (Å²) in [4.78, 5) is 17.8. The van der Waals surface area contributed by atoms with Gasteiger partial charge in [-0.2, -0.15) is 0 Å². The summed E-state index contributed by atoms with van der Waals surface area (Å²) in [6.07, 6.45) is 7.26. The number of nitrogens with zero attached hydrogens (tertiary/aromatic N) is 1. The van der Waals surface area contributed by atoms with Crippen molar-refractivity contribution in [1.29, 1.82) is 0 Å². The van der Waals surface area contributed by atoms with Crippen molar-refractivity contribution in [3.05, 3.63) is 0 Å². The minimum absolute atomic E-state index is 0.0333. The van der Waals surface area contributed by atoms with Crippen LogP contribution < -0.4 is 5.73 Å². The van der Waals surface area contributed by atoms with Crippen LogP contribution in [0.15, 0.2) is 5.16 Å². The van der Waals surface area contributed by atoms with Crippen LogP contribution >= 0.6 is 0 Å². The molecule has 4 aliphatic rings. The van der Waals surface area contributed by atoms with Crippen molar-refractivity contribution in [2.45, 2.75) is 77.8 Å². The number of ketones is 1. The Morgan fingerprint density at radius 3 is 2.81 bits per heavy atom. The fraction of sp³-hybridized carbons (Fsp3) is 0.909. The number of carbonyl (C=O) groups is 1. The fourth-order valence-corrected chi connectivity index (χ4v) is 7.21. The Balaban J connectivity index is 1.51. The van der Waals surface area contributed by atoms with Gasteiger partial charge in [-0.25, -0.2) is 4.39 Å². The van der Waals surface area contributed by atoms with Gasteiger partial charge in [0.05, 0.1) is 5.71 Å². The number of hydrogen-bond acceptors (Lipinski definition) is 4. The average Bonchev–Trinajstić information content (AvgIpc) is 2.94. The van der Waals surface area contributed by atoms with E-state index in [4.69, 9.17) is 10.6 Å². The molecule has 1 unspecified atom stereocenters. The first kappa shape index (κ1) is 19.4. The predicted octanol–water partition coefficient (Wildman–Crippen LogP) is 4.27. The molecule has 4 nitrogen and oxygen atoms in total. The van der Waals surface area contributed by atoms with Crippen molar-refractivity contribution in [2.75, 3.05) is 13.2 Å². The summed E-state index contributed by atoms with van der Waals surface area (Å²) in [5, 5.41) is 4.14. The van der Waals surface area contributed by atoms with Gasteiger partial charge in [0.2, 0.25) is 0 Å². The Morgan fingerprint density at radius 1 is 1.22 bits per heavy atom. The molecule has 4 fully saturated rings. The van der Waals surface area contributed by atoms with Gasteiger partial charge in [-0.15, -0.1) is 0 Å². The summed E-state index contributed by atoms with van der Waals surface area (Å²) in [6.45, 7) is 5.57. The van der Waals surface area contributed by atoms with E-state index in [1.807, 2.05) is 0 Å². The van der Waals surface area contributed by atoms with Crippen molar-refractivity contribution in [2.24, 2.45) is 45.4 Å². The van der Waals surface area contributed by atoms with E-state index in [1.54, 1.807) is 0 Å².